The zero-order chi connectivity index (χ0) is 13.1. The van der Waals surface area contributed by atoms with Crippen molar-refractivity contribution in [1.82, 2.24) is 4.98 Å². The van der Waals surface area contributed by atoms with Crippen molar-refractivity contribution >= 4 is 28.1 Å². The summed E-state index contributed by atoms with van der Waals surface area (Å²) in [5.74, 6) is 0. The van der Waals surface area contributed by atoms with Crippen LogP contribution in [0.25, 0.3) is 10.8 Å². The summed E-state index contributed by atoms with van der Waals surface area (Å²) in [4.78, 5) is 14.5. The maximum atomic E-state index is 11.0. The number of nitro groups is 1. The molecule has 18 heavy (non-hydrogen) atoms. The molecular weight excluding hydrogens is 252 g/mol. The summed E-state index contributed by atoms with van der Waals surface area (Å²) >= 11 is 6.15. The number of nitrogens with zero attached hydrogens (tertiary/aromatic N) is 2. The molecule has 94 valence electrons. The van der Waals surface area contributed by atoms with E-state index in [-0.39, 0.29) is 16.0 Å². The van der Waals surface area contributed by atoms with Gasteiger partial charge < -0.3 is 0 Å². The predicted molar refractivity (Wildman–Crippen MR) is 72.0 cm³/mol. The Bertz CT molecular complexity index is 586. The molecule has 4 nitrogen and oxygen atoms in total. The molecule has 0 bridgehead atoms. The average molecular weight is 265 g/mol. The second-order valence-corrected chi connectivity index (χ2v) is 4.75. The number of pyridine rings is 1. The number of fused-ring (bicyclic) bond motifs is 1. The molecule has 0 saturated carbocycles. The van der Waals surface area contributed by atoms with Gasteiger partial charge in [0.1, 0.15) is 0 Å². The van der Waals surface area contributed by atoms with Crippen LogP contribution in [0.4, 0.5) is 5.69 Å². The summed E-state index contributed by atoms with van der Waals surface area (Å²) in [5.41, 5.74) is 1.12. The minimum atomic E-state index is -0.383. The molecule has 2 aromatic rings. The normalized spacial score (nSPS) is 12.6. The minimum Gasteiger partial charge on any atom is -0.264 e. The lowest BCUT2D eigenvalue weighted by molar-refractivity contribution is -0.383. The molecule has 1 aromatic heterocycles. The van der Waals surface area contributed by atoms with E-state index in [0.29, 0.717) is 11.8 Å². The molecule has 0 spiro atoms. The van der Waals surface area contributed by atoms with Crippen LogP contribution in [0, 0.1) is 10.1 Å². The molecule has 1 unspecified atom stereocenters. The first-order valence-corrected chi connectivity index (χ1v) is 6.21. The van der Waals surface area contributed by atoms with Crippen molar-refractivity contribution in [1.29, 1.82) is 0 Å². The average Bonchev–Trinajstić information content (AvgIpc) is 2.38. The number of alkyl halides is 1. The number of non-ortho nitro benzene ring substituents is 1. The van der Waals surface area contributed by atoms with E-state index in [1.807, 2.05) is 6.92 Å². The summed E-state index contributed by atoms with van der Waals surface area (Å²) in [7, 11) is 0. The smallest absolute Gasteiger partial charge is 0.264 e. The highest BCUT2D eigenvalue weighted by Crippen LogP contribution is 2.29. The Kier molecular flexibility index (Phi) is 3.77. The van der Waals surface area contributed by atoms with Crippen LogP contribution in [-0.2, 0) is 6.42 Å². The van der Waals surface area contributed by atoms with Gasteiger partial charge in [0.2, 0.25) is 0 Å². The molecule has 0 saturated heterocycles. The van der Waals surface area contributed by atoms with Gasteiger partial charge in [-0.3, -0.25) is 15.1 Å². The van der Waals surface area contributed by atoms with Crippen molar-refractivity contribution in [3.8, 4) is 0 Å². The Balaban J connectivity index is 2.57. The molecule has 0 fully saturated rings. The third-order valence-electron chi connectivity index (χ3n) is 2.97. The monoisotopic (exact) mass is 264 g/mol. The molecule has 0 aliphatic rings. The van der Waals surface area contributed by atoms with Crippen LogP contribution in [0.15, 0.2) is 30.6 Å². The Morgan fingerprint density at radius 1 is 1.39 bits per heavy atom. The van der Waals surface area contributed by atoms with Gasteiger partial charge in [-0.05, 0) is 29.9 Å². The van der Waals surface area contributed by atoms with Gasteiger partial charge in [-0.1, -0.05) is 13.0 Å². The van der Waals surface area contributed by atoms with Crippen LogP contribution in [0.5, 0.6) is 0 Å². The lowest BCUT2D eigenvalue weighted by Gasteiger charge is -2.09. The molecule has 5 heteroatoms. The molecule has 0 amide bonds. The van der Waals surface area contributed by atoms with Gasteiger partial charge in [0, 0.05) is 23.8 Å². The number of aromatic nitrogens is 1. The first-order valence-electron chi connectivity index (χ1n) is 5.77. The second kappa shape index (κ2) is 5.31. The minimum absolute atomic E-state index is 0.0443. The lowest BCUT2D eigenvalue weighted by Crippen LogP contribution is -2.02. The van der Waals surface area contributed by atoms with Gasteiger partial charge in [-0.25, -0.2) is 0 Å². The van der Waals surface area contributed by atoms with Crippen molar-refractivity contribution in [3.05, 3.63) is 46.3 Å². The maximum Gasteiger partial charge on any atom is 0.278 e. The van der Waals surface area contributed by atoms with Crippen LogP contribution < -0.4 is 0 Å². The number of nitro benzene ring substituents is 1. The Labute approximate surface area is 110 Å². The highest BCUT2D eigenvalue weighted by Gasteiger charge is 2.15. The van der Waals surface area contributed by atoms with Crippen LogP contribution in [-0.4, -0.2) is 15.3 Å². The third-order valence-corrected chi connectivity index (χ3v) is 3.43. The second-order valence-electron chi connectivity index (χ2n) is 4.13. The number of hydrogen-bond donors (Lipinski definition) is 0. The molecule has 1 atom stereocenters. The van der Waals surface area contributed by atoms with Gasteiger partial charge >= 0.3 is 0 Å². The largest absolute Gasteiger partial charge is 0.278 e. The first-order chi connectivity index (χ1) is 8.63. The fourth-order valence-electron chi connectivity index (χ4n) is 1.96. The van der Waals surface area contributed by atoms with E-state index >= 15 is 0 Å². The van der Waals surface area contributed by atoms with Crippen LogP contribution in [0.2, 0.25) is 0 Å². The van der Waals surface area contributed by atoms with E-state index in [1.165, 1.54) is 12.3 Å². The van der Waals surface area contributed by atoms with Crippen molar-refractivity contribution in [2.45, 2.75) is 25.1 Å². The van der Waals surface area contributed by atoms with Crippen LogP contribution in [0.3, 0.4) is 0 Å². The molecule has 1 aromatic carbocycles. The SMILES string of the molecule is CCC(Cl)Cc1ccc([N+](=O)[O-])c2cnccc12. The predicted octanol–water partition coefficient (Wildman–Crippen LogP) is 3.70. The quantitative estimate of drug-likeness (QED) is 0.481. The third kappa shape index (κ3) is 2.43. The maximum absolute atomic E-state index is 11.0. The summed E-state index contributed by atoms with van der Waals surface area (Å²) in [5, 5.41) is 12.4. The number of halogens is 1. The van der Waals surface area contributed by atoms with Gasteiger partial charge in [0.15, 0.2) is 0 Å². The van der Waals surface area contributed by atoms with Gasteiger partial charge in [-0.2, -0.15) is 0 Å². The highest BCUT2D eigenvalue weighted by atomic mass is 35.5. The number of rotatable bonds is 4. The van der Waals surface area contributed by atoms with E-state index in [9.17, 15) is 10.1 Å². The fraction of sp³-hybridized carbons (Fsp3) is 0.308. The molecule has 0 N–H and O–H groups in total. The van der Waals surface area contributed by atoms with Gasteiger partial charge in [0.25, 0.3) is 5.69 Å². The van der Waals surface area contributed by atoms with Crippen LogP contribution >= 0.6 is 11.6 Å². The molecular formula is C13H13ClN2O2. The summed E-state index contributed by atoms with van der Waals surface area (Å²) in [6, 6.07) is 5.11. The molecule has 1 heterocycles. The van der Waals surface area contributed by atoms with Crippen LogP contribution in [0.1, 0.15) is 18.9 Å². The van der Waals surface area contributed by atoms with E-state index in [0.717, 1.165) is 17.4 Å². The summed E-state index contributed by atoms with van der Waals surface area (Å²) < 4.78 is 0. The van der Waals surface area contributed by atoms with Gasteiger partial charge in [0.05, 0.1) is 10.3 Å². The highest BCUT2D eigenvalue weighted by molar-refractivity contribution is 6.20. The Morgan fingerprint density at radius 2 is 2.17 bits per heavy atom. The molecule has 0 radical (unpaired) electrons. The first kappa shape index (κ1) is 12.8. The Morgan fingerprint density at radius 3 is 2.83 bits per heavy atom. The topological polar surface area (TPSA) is 56.0 Å². The van der Waals surface area contributed by atoms with Gasteiger partial charge in [-0.15, -0.1) is 11.6 Å². The summed E-state index contributed by atoms with van der Waals surface area (Å²) in [6.45, 7) is 2.02. The zero-order valence-electron chi connectivity index (χ0n) is 9.97. The van der Waals surface area contributed by atoms with E-state index < -0.39 is 0 Å². The zero-order valence-corrected chi connectivity index (χ0v) is 10.7. The number of hydrogen-bond acceptors (Lipinski definition) is 3. The summed E-state index contributed by atoms with van der Waals surface area (Å²) in [6.07, 6.45) is 4.75. The molecule has 2 rings (SSSR count). The van der Waals surface area contributed by atoms with Crippen molar-refractivity contribution in [3.63, 3.8) is 0 Å². The lowest BCUT2D eigenvalue weighted by atomic mass is 10.0. The van der Waals surface area contributed by atoms with E-state index in [1.54, 1.807) is 18.3 Å². The molecule has 0 aliphatic heterocycles. The number of benzene rings is 1. The fourth-order valence-corrected chi connectivity index (χ4v) is 2.12. The van der Waals surface area contributed by atoms with E-state index in [2.05, 4.69) is 4.98 Å². The van der Waals surface area contributed by atoms with Crippen molar-refractivity contribution in [2.75, 3.05) is 0 Å². The molecule has 0 aliphatic carbocycles. The van der Waals surface area contributed by atoms with Crippen molar-refractivity contribution in [2.24, 2.45) is 0 Å². The Hall–Kier alpha value is -1.68. The van der Waals surface area contributed by atoms with E-state index in [4.69, 9.17) is 11.6 Å². The standard InChI is InChI=1S/C13H13ClN2O2/c1-2-10(14)7-9-3-4-13(16(17)18)12-8-15-6-5-11(9)12/h3-6,8,10H,2,7H2,1H3. The van der Waals surface area contributed by atoms with Crippen molar-refractivity contribution < 1.29 is 4.92 Å².